The van der Waals surface area contributed by atoms with E-state index in [2.05, 4.69) is 24.1 Å². The van der Waals surface area contributed by atoms with E-state index >= 15 is 0 Å². The second-order valence-corrected chi connectivity index (χ2v) is 10.0. The number of halogens is 4. The molecule has 202 valence electrons. The lowest BCUT2D eigenvalue weighted by atomic mass is 9.95. The number of carboxylic acids is 1. The molecule has 2 N–H and O–H groups in total. The van der Waals surface area contributed by atoms with Gasteiger partial charge in [0.2, 0.25) is 5.91 Å². The van der Waals surface area contributed by atoms with Gasteiger partial charge in [-0.1, -0.05) is 43.6 Å². The van der Waals surface area contributed by atoms with Gasteiger partial charge in [0, 0.05) is 35.9 Å². The topological polar surface area (TPSA) is 90.0 Å². The first kappa shape index (κ1) is 30.0. The molecule has 37 heavy (non-hydrogen) atoms. The van der Waals surface area contributed by atoms with Gasteiger partial charge in [-0.2, -0.15) is 13.2 Å². The molecule has 1 aliphatic rings. The minimum atomic E-state index is -5.08. The zero-order valence-electron chi connectivity index (χ0n) is 21.1. The minimum Gasteiger partial charge on any atom is -0.475 e. The lowest BCUT2D eigenvalue weighted by Gasteiger charge is -2.49. The lowest BCUT2D eigenvalue weighted by molar-refractivity contribution is -0.192. The summed E-state index contributed by atoms with van der Waals surface area (Å²) in [5.41, 5.74) is 1.41. The van der Waals surface area contributed by atoms with Gasteiger partial charge in [-0.05, 0) is 56.2 Å². The molecule has 0 aliphatic carbocycles. The van der Waals surface area contributed by atoms with Gasteiger partial charge in [-0.25, -0.2) is 4.79 Å². The molecule has 0 unspecified atom stereocenters. The smallest absolute Gasteiger partial charge is 0.475 e. The van der Waals surface area contributed by atoms with Gasteiger partial charge in [0.15, 0.2) is 0 Å². The van der Waals surface area contributed by atoms with Crippen LogP contribution >= 0.6 is 11.6 Å². The van der Waals surface area contributed by atoms with Crippen molar-refractivity contribution in [3.05, 3.63) is 65.2 Å². The van der Waals surface area contributed by atoms with Crippen molar-refractivity contribution in [3.63, 3.8) is 0 Å². The number of aliphatic carboxylic acids is 1. The molecule has 7 nitrogen and oxygen atoms in total. The molecule has 2 amide bonds. The summed E-state index contributed by atoms with van der Waals surface area (Å²) < 4.78 is 31.7. The van der Waals surface area contributed by atoms with Crippen molar-refractivity contribution in [1.29, 1.82) is 0 Å². The number of carbonyl (C=O) groups is 3. The van der Waals surface area contributed by atoms with E-state index in [0.717, 1.165) is 12.2 Å². The standard InChI is InChI=1S/C24H30ClN3O2.C2HF3O2/c1-17(2)21(26-22(29)18-8-6-5-7-9-18)23(30)27-14-15-28(24(3,4)16-27)20-12-10-19(25)11-13-20;3-2(4,5)1(6)7/h5-13,17,21H,14-16H2,1-4H3,(H,26,29);(H,6,7)/t21-;/m1./s1. The van der Waals surface area contributed by atoms with Gasteiger partial charge in [-0.3, -0.25) is 9.59 Å². The predicted octanol–water partition coefficient (Wildman–Crippen LogP) is 4.86. The highest BCUT2D eigenvalue weighted by atomic mass is 35.5. The van der Waals surface area contributed by atoms with Crippen LogP contribution in [0.4, 0.5) is 18.9 Å². The molecule has 11 heteroatoms. The molecule has 1 atom stereocenters. The summed E-state index contributed by atoms with van der Waals surface area (Å²) in [6, 6.07) is 16.3. The average molecular weight is 542 g/mol. The monoisotopic (exact) mass is 541 g/mol. The average Bonchev–Trinajstić information content (AvgIpc) is 2.82. The number of benzene rings is 2. The molecule has 0 saturated carbocycles. The number of anilines is 1. The Hall–Kier alpha value is -3.27. The molecule has 2 aromatic carbocycles. The maximum absolute atomic E-state index is 13.4. The molecule has 0 bridgehead atoms. The number of nitrogens with one attached hydrogen (secondary N) is 1. The zero-order chi connectivity index (χ0) is 28.0. The zero-order valence-corrected chi connectivity index (χ0v) is 21.8. The first-order valence-corrected chi connectivity index (χ1v) is 12.0. The third-order valence-electron chi connectivity index (χ3n) is 5.85. The Balaban J connectivity index is 0.000000604. The maximum Gasteiger partial charge on any atom is 0.490 e. The fraction of sp³-hybridized carbons (Fsp3) is 0.423. The highest BCUT2D eigenvalue weighted by Crippen LogP contribution is 2.29. The Morgan fingerprint density at radius 2 is 1.54 bits per heavy atom. The van der Waals surface area contributed by atoms with Crippen molar-refractivity contribution in [2.75, 3.05) is 24.5 Å². The van der Waals surface area contributed by atoms with Crippen molar-refractivity contribution in [2.45, 2.75) is 45.5 Å². The first-order valence-electron chi connectivity index (χ1n) is 11.6. The second-order valence-electron chi connectivity index (χ2n) is 9.56. The number of carbonyl (C=O) groups excluding carboxylic acids is 2. The molecule has 1 fully saturated rings. The number of hydrogen-bond acceptors (Lipinski definition) is 4. The van der Waals surface area contributed by atoms with Gasteiger partial charge in [0.05, 0.1) is 5.54 Å². The van der Waals surface area contributed by atoms with E-state index in [0.29, 0.717) is 23.7 Å². The van der Waals surface area contributed by atoms with Crippen LogP contribution in [0.5, 0.6) is 0 Å². The van der Waals surface area contributed by atoms with Crippen LogP contribution in [0.25, 0.3) is 0 Å². The third kappa shape index (κ3) is 8.38. The number of hydrogen-bond donors (Lipinski definition) is 2. The van der Waals surface area contributed by atoms with Gasteiger partial charge in [0.1, 0.15) is 6.04 Å². The molecule has 2 aromatic rings. The quantitative estimate of drug-likeness (QED) is 0.564. The van der Waals surface area contributed by atoms with E-state index in [1.807, 2.05) is 61.2 Å². The van der Waals surface area contributed by atoms with Crippen molar-refractivity contribution in [3.8, 4) is 0 Å². The van der Waals surface area contributed by atoms with Crippen LogP contribution in [0.3, 0.4) is 0 Å². The van der Waals surface area contributed by atoms with Crippen LogP contribution in [-0.2, 0) is 9.59 Å². The van der Waals surface area contributed by atoms with Crippen LogP contribution in [0.15, 0.2) is 54.6 Å². The first-order chi connectivity index (χ1) is 17.1. The largest absolute Gasteiger partial charge is 0.490 e. The Morgan fingerprint density at radius 3 is 2.00 bits per heavy atom. The van der Waals surface area contributed by atoms with Gasteiger partial charge >= 0.3 is 12.1 Å². The number of alkyl halides is 3. The third-order valence-corrected chi connectivity index (χ3v) is 6.10. The SMILES string of the molecule is CC(C)[C@@H](NC(=O)c1ccccc1)C(=O)N1CCN(c2ccc(Cl)cc2)C(C)(C)C1.O=C(O)C(F)(F)F. The van der Waals surface area contributed by atoms with Gasteiger partial charge in [0.25, 0.3) is 5.91 Å². The number of carboxylic acid groups (broad SMARTS) is 1. The molecule has 0 spiro atoms. The van der Waals surface area contributed by atoms with Gasteiger partial charge in [-0.15, -0.1) is 0 Å². The van der Waals surface area contributed by atoms with Crippen LogP contribution in [-0.4, -0.2) is 65.2 Å². The number of amides is 2. The molecule has 3 rings (SSSR count). The summed E-state index contributed by atoms with van der Waals surface area (Å²) in [5.74, 6) is -3.02. The van der Waals surface area contributed by atoms with Crippen molar-refractivity contribution >= 4 is 35.1 Å². The van der Waals surface area contributed by atoms with E-state index in [-0.39, 0.29) is 23.3 Å². The molecule has 0 aromatic heterocycles. The summed E-state index contributed by atoms with van der Waals surface area (Å²) in [5, 5.41) is 10.8. The molecular formula is C26H31ClF3N3O4. The lowest BCUT2D eigenvalue weighted by Crippen LogP contribution is -2.63. The Labute approximate surface area is 219 Å². The summed E-state index contributed by atoms with van der Waals surface area (Å²) in [4.78, 5) is 39.1. The van der Waals surface area contributed by atoms with Crippen LogP contribution in [0.1, 0.15) is 38.1 Å². The predicted molar refractivity (Wildman–Crippen MR) is 136 cm³/mol. The Morgan fingerprint density at radius 1 is 1.00 bits per heavy atom. The summed E-state index contributed by atoms with van der Waals surface area (Å²) in [6.07, 6.45) is -5.08. The van der Waals surface area contributed by atoms with Crippen LogP contribution in [0, 0.1) is 5.92 Å². The fourth-order valence-electron chi connectivity index (χ4n) is 3.97. The molecule has 1 saturated heterocycles. The van der Waals surface area contributed by atoms with E-state index in [9.17, 15) is 22.8 Å². The van der Waals surface area contributed by atoms with Crippen molar-refractivity contribution in [2.24, 2.45) is 5.92 Å². The minimum absolute atomic E-state index is 0.0115. The normalized spacial score (nSPS) is 15.9. The van der Waals surface area contributed by atoms with Crippen molar-refractivity contribution < 1.29 is 32.7 Å². The van der Waals surface area contributed by atoms with Crippen molar-refractivity contribution in [1.82, 2.24) is 10.2 Å². The fourth-order valence-corrected chi connectivity index (χ4v) is 4.09. The van der Waals surface area contributed by atoms with E-state index < -0.39 is 18.2 Å². The highest BCUT2D eigenvalue weighted by molar-refractivity contribution is 6.30. The molecular weight excluding hydrogens is 511 g/mol. The molecule has 1 aliphatic heterocycles. The van der Waals surface area contributed by atoms with Crippen LogP contribution in [0.2, 0.25) is 5.02 Å². The molecule has 0 radical (unpaired) electrons. The second kappa shape index (κ2) is 12.3. The molecule has 1 heterocycles. The number of piperazine rings is 1. The Bertz CT molecular complexity index is 1080. The Kier molecular flexibility index (Phi) is 9.97. The van der Waals surface area contributed by atoms with Crippen LogP contribution < -0.4 is 10.2 Å². The summed E-state index contributed by atoms with van der Waals surface area (Å²) >= 11 is 6.03. The van der Waals surface area contributed by atoms with E-state index in [1.54, 1.807) is 12.1 Å². The van der Waals surface area contributed by atoms with Gasteiger partial charge < -0.3 is 20.2 Å². The van der Waals surface area contributed by atoms with E-state index in [4.69, 9.17) is 21.5 Å². The highest BCUT2D eigenvalue weighted by Gasteiger charge is 2.39. The van der Waals surface area contributed by atoms with E-state index in [1.165, 1.54) is 0 Å². The maximum atomic E-state index is 13.4. The number of nitrogens with zero attached hydrogens (tertiary/aromatic N) is 2. The summed E-state index contributed by atoms with van der Waals surface area (Å²) in [6.45, 7) is 10.1. The number of rotatable bonds is 5. The summed E-state index contributed by atoms with van der Waals surface area (Å²) in [7, 11) is 0.